The maximum atomic E-state index is 12.4. The third-order valence-corrected chi connectivity index (χ3v) is 6.89. The van der Waals surface area contributed by atoms with Gasteiger partial charge in [-0.05, 0) is 43.4 Å². The zero-order chi connectivity index (χ0) is 22.2. The second-order valence-electron chi connectivity index (χ2n) is 9.18. The van der Waals surface area contributed by atoms with Crippen LogP contribution in [0.2, 0.25) is 0 Å². The van der Waals surface area contributed by atoms with E-state index in [2.05, 4.69) is 42.1 Å². The lowest BCUT2D eigenvalue weighted by atomic mass is 10.2. The molecular formula is C24H39N7O. The number of amides is 1. The zero-order valence-corrected chi connectivity index (χ0v) is 19.6. The van der Waals surface area contributed by atoms with Gasteiger partial charge in [-0.1, -0.05) is 12.8 Å². The number of piperazine rings is 1. The Balaban J connectivity index is 1.24. The second-order valence-corrected chi connectivity index (χ2v) is 9.18. The zero-order valence-electron chi connectivity index (χ0n) is 19.6. The molecule has 0 unspecified atom stereocenters. The van der Waals surface area contributed by atoms with Crippen LogP contribution < -0.4 is 10.2 Å². The van der Waals surface area contributed by atoms with Gasteiger partial charge < -0.3 is 20.0 Å². The van der Waals surface area contributed by atoms with Gasteiger partial charge in [0, 0.05) is 72.1 Å². The van der Waals surface area contributed by atoms with Crippen molar-refractivity contribution in [3.05, 3.63) is 23.9 Å². The van der Waals surface area contributed by atoms with E-state index in [1.807, 2.05) is 18.1 Å². The number of likely N-dealkylation sites (tertiary alicyclic amines) is 1. The van der Waals surface area contributed by atoms with Gasteiger partial charge in [0.25, 0.3) is 0 Å². The van der Waals surface area contributed by atoms with E-state index in [0.29, 0.717) is 6.54 Å². The highest BCUT2D eigenvalue weighted by Crippen LogP contribution is 2.18. The third kappa shape index (κ3) is 6.12. The van der Waals surface area contributed by atoms with Crippen molar-refractivity contribution in [2.75, 3.05) is 70.9 Å². The summed E-state index contributed by atoms with van der Waals surface area (Å²) < 4.78 is 0. The van der Waals surface area contributed by atoms with Crippen LogP contribution in [0, 0.1) is 0 Å². The highest BCUT2D eigenvalue weighted by atomic mass is 16.2. The quantitative estimate of drug-likeness (QED) is 0.555. The first-order valence-electron chi connectivity index (χ1n) is 12.4. The van der Waals surface area contributed by atoms with E-state index in [1.165, 1.54) is 31.2 Å². The van der Waals surface area contributed by atoms with Crippen molar-refractivity contribution in [1.29, 1.82) is 0 Å². The standard InChI is InChI=1S/C24H39N7O/c1-25-24(31-16-14-28(15-17-31)20-23(32)30-12-6-7-13-30)27-19-21-8-9-26-22(18-21)29-10-4-2-3-5-11-29/h8-9,18H,2-7,10-17,19-20H2,1H3,(H,25,27). The second kappa shape index (κ2) is 11.5. The number of guanidine groups is 1. The largest absolute Gasteiger partial charge is 0.357 e. The van der Waals surface area contributed by atoms with Crippen LogP contribution in [0.3, 0.4) is 0 Å². The van der Waals surface area contributed by atoms with Crippen LogP contribution in [-0.4, -0.2) is 97.5 Å². The van der Waals surface area contributed by atoms with Gasteiger partial charge in [0.15, 0.2) is 5.96 Å². The molecule has 3 aliphatic rings. The van der Waals surface area contributed by atoms with E-state index < -0.39 is 0 Å². The SMILES string of the molecule is CN=C(NCc1ccnc(N2CCCCCC2)c1)N1CCN(CC(=O)N2CCCC2)CC1. The highest BCUT2D eigenvalue weighted by molar-refractivity contribution is 5.80. The Bertz CT molecular complexity index is 761. The summed E-state index contributed by atoms with van der Waals surface area (Å²) in [6.45, 7) is 8.95. The van der Waals surface area contributed by atoms with Crippen LogP contribution in [0.4, 0.5) is 5.82 Å². The van der Waals surface area contributed by atoms with Gasteiger partial charge in [0.1, 0.15) is 5.82 Å². The average molecular weight is 442 g/mol. The number of aromatic nitrogens is 1. The summed E-state index contributed by atoms with van der Waals surface area (Å²) in [5.74, 6) is 2.32. The molecule has 32 heavy (non-hydrogen) atoms. The molecule has 0 radical (unpaired) electrons. The van der Waals surface area contributed by atoms with Gasteiger partial charge in [-0.2, -0.15) is 0 Å². The van der Waals surface area contributed by atoms with Crippen molar-refractivity contribution in [2.45, 2.75) is 45.1 Å². The number of carbonyl (C=O) groups is 1. The molecule has 176 valence electrons. The Labute approximate surface area is 192 Å². The van der Waals surface area contributed by atoms with Crippen LogP contribution in [0.5, 0.6) is 0 Å². The predicted molar refractivity (Wildman–Crippen MR) is 129 cm³/mol. The Morgan fingerprint density at radius 3 is 2.31 bits per heavy atom. The van der Waals surface area contributed by atoms with Crippen molar-refractivity contribution in [1.82, 2.24) is 25.0 Å². The van der Waals surface area contributed by atoms with Crippen molar-refractivity contribution in [3.8, 4) is 0 Å². The molecule has 3 fully saturated rings. The first-order chi connectivity index (χ1) is 15.7. The molecule has 1 aromatic rings. The fourth-order valence-electron chi connectivity index (χ4n) is 4.93. The fraction of sp³-hybridized carbons (Fsp3) is 0.708. The molecule has 0 saturated carbocycles. The van der Waals surface area contributed by atoms with E-state index in [4.69, 9.17) is 0 Å². The van der Waals surface area contributed by atoms with Crippen LogP contribution >= 0.6 is 0 Å². The number of hydrogen-bond acceptors (Lipinski definition) is 5. The summed E-state index contributed by atoms with van der Waals surface area (Å²) in [5, 5.41) is 3.53. The van der Waals surface area contributed by atoms with Gasteiger partial charge in [-0.15, -0.1) is 0 Å². The minimum absolute atomic E-state index is 0.288. The smallest absolute Gasteiger partial charge is 0.236 e. The molecule has 1 amide bonds. The molecule has 0 aromatic carbocycles. The van der Waals surface area contributed by atoms with E-state index in [9.17, 15) is 4.79 Å². The van der Waals surface area contributed by atoms with Crippen molar-refractivity contribution >= 4 is 17.7 Å². The summed E-state index contributed by atoms with van der Waals surface area (Å²) in [5.41, 5.74) is 1.23. The fourth-order valence-corrected chi connectivity index (χ4v) is 4.93. The summed E-state index contributed by atoms with van der Waals surface area (Å²) >= 11 is 0. The molecule has 0 bridgehead atoms. The monoisotopic (exact) mass is 441 g/mol. The lowest BCUT2D eigenvalue weighted by Crippen LogP contribution is -2.54. The van der Waals surface area contributed by atoms with Crippen LogP contribution in [0.1, 0.15) is 44.1 Å². The lowest BCUT2D eigenvalue weighted by Gasteiger charge is -2.36. The Morgan fingerprint density at radius 2 is 1.62 bits per heavy atom. The number of nitrogens with one attached hydrogen (secondary N) is 1. The number of pyridine rings is 1. The normalized spacial score (nSPS) is 21.0. The minimum atomic E-state index is 0.288. The van der Waals surface area contributed by atoms with E-state index in [0.717, 1.165) is 83.5 Å². The van der Waals surface area contributed by atoms with Crippen molar-refractivity contribution in [3.63, 3.8) is 0 Å². The molecule has 0 spiro atoms. The number of aliphatic imine (C=N–C) groups is 1. The lowest BCUT2D eigenvalue weighted by molar-refractivity contribution is -0.131. The molecule has 1 aromatic heterocycles. The van der Waals surface area contributed by atoms with Crippen LogP contribution in [-0.2, 0) is 11.3 Å². The molecule has 4 rings (SSSR count). The molecule has 3 aliphatic heterocycles. The van der Waals surface area contributed by atoms with Crippen LogP contribution in [0.25, 0.3) is 0 Å². The van der Waals surface area contributed by atoms with Crippen LogP contribution in [0.15, 0.2) is 23.3 Å². The van der Waals surface area contributed by atoms with Gasteiger partial charge in [0.2, 0.25) is 5.91 Å². The van der Waals surface area contributed by atoms with Gasteiger partial charge >= 0.3 is 0 Å². The predicted octanol–water partition coefficient (Wildman–Crippen LogP) is 1.78. The third-order valence-electron chi connectivity index (χ3n) is 6.89. The molecule has 3 saturated heterocycles. The number of anilines is 1. The Hall–Kier alpha value is -2.35. The summed E-state index contributed by atoms with van der Waals surface area (Å²) in [7, 11) is 1.85. The molecule has 8 nitrogen and oxygen atoms in total. The summed E-state index contributed by atoms with van der Waals surface area (Å²) in [4.78, 5) is 30.6. The Kier molecular flexibility index (Phi) is 8.20. The maximum Gasteiger partial charge on any atom is 0.236 e. The first kappa shape index (κ1) is 22.8. The maximum absolute atomic E-state index is 12.4. The molecular weight excluding hydrogens is 402 g/mol. The number of carbonyl (C=O) groups excluding carboxylic acids is 1. The van der Waals surface area contributed by atoms with E-state index in [-0.39, 0.29) is 5.91 Å². The van der Waals surface area contributed by atoms with Gasteiger partial charge in [0.05, 0.1) is 6.54 Å². The average Bonchev–Trinajstić information content (AvgIpc) is 3.23. The highest BCUT2D eigenvalue weighted by Gasteiger charge is 2.24. The number of nitrogens with zero attached hydrogens (tertiary/aromatic N) is 6. The Morgan fingerprint density at radius 1 is 0.938 bits per heavy atom. The van der Waals surface area contributed by atoms with E-state index in [1.54, 1.807) is 0 Å². The van der Waals surface area contributed by atoms with Gasteiger partial charge in [-0.25, -0.2) is 4.98 Å². The molecule has 1 N–H and O–H groups in total. The van der Waals surface area contributed by atoms with Crippen molar-refractivity contribution in [2.24, 2.45) is 4.99 Å². The van der Waals surface area contributed by atoms with Gasteiger partial charge in [-0.3, -0.25) is 14.7 Å². The molecule has 8 heteroatoms. The summed E-state index contributed by atoms with van der Waals surface area (Å²) in [6, 6.07) is 4.30. The number of rotatable bonds is 5. The molecule has 4 heterocycles. The summed E-state index contributed by atoms with van der Waals surface area (Å²) in [6.07, 6.45) is 9.40. The van der Waals surface area contributed by atoms with E-state index >= 15 is 0 Å². The molecule has 0 aliphatic carbocycles. The minimum Gasteiger partial charge on any atom is -0.357 e. The van der Waals surface area contributed by atoms with Crippen molar-refractivity contribution < 1.29 is 4.79 Å². The molecule has 0 atom stereocenters. The first-order valence-corrected chi connectivity index (χ1v) is 12.4. The number of hydrogen-bond donors (Lipinski definition) is 1. The topological polar surface area (TPSA) is 67.3 Å².